The third kappa shape index (κ3) is 2.46. The minimum atomic E-state index is -0.645. The maximum Gasteiger partial charge on any atom is 0.237 e. The summed E-state index contributed by atoms with van der Waals surface area (Å²) in [7, 11) is 0. The van der Waals surface area contributed by atoms with Crippen molar-refractivity contribution in [3.8, 4) is 17.7 Å². The molecule has 0 radical (unpaired) electrons. The van der Waals surface area contributed by atoms with Crippen molar-refractivity contribution in [3.63, 3.8) is 0 Å². The monoisotopic (exact) mass is 230 g/mol. The van der Waals surface area contributed by atoms with Gasteiger partial charge in [-0.3, -0.25) is 0 Å². The molecule has 2 rings (SSSR count). The highest BCUT2D eigenvalue weighted by Crippen LogP contribution is 2.21. The van der Waals surface area contributed by atoms with Gasteiger partial charge in [-0.15, -0.1) is 0 Å². The maximum atomic E-state index is 13.3. The van der Waals surface area contributed by atoms with Crippen LogP contribution in [0.1, 0.15) is 5.56 Å². The number of nitrogens with two attached hydrogens (primary N) is 1. The highest BCUT2D eigenvalue weighted by molar-refractivity contribution is 5.37. The SMILES string of the molecule is N#Cc1ccc(Oc2cnc(N)cn2)cc1F. The summed E-state index contributed by atoms with van der Waals surface area (Å²) >= 11 is 0. The van der Waals surface area contributed by atoms with E-state index < -0.39 is 5.82 Å². The van der Waals surface area contributed by atoms with Gasteiger partial charge in [0.25, 0.3) is 0 Å². The summed E-state index contributed by atoms with van der Waals surface area (Å²) in [4.78, 5) is 7.62. The Balaban J connectivity index is 2.22. The molecule has 5 nitrogen and oxygen atoms in total. The Hall–Kier alpha value is -2.68. The number of aromatic nitrogens is 2. The highest BCUT2D eigenvalue weighted by Gasteiger charge is 2.05. The van der Waals surface area contributed by atoms with Crippen molar-refractivity contribution in [1.82, 2.24) is 9.97 Å². The van der Waals surface area contributed by atoms with Crippen molar-refractivity contribution in [2.45, 2.75) is 0 Å². The predicted octanol–water partition coefficient (Wildman–Crippen LogP) is 1.86. The molecule has 0 saturated carbocycles. The fourth-order valence-electron chi connectivity index (χ4n) is 1.15. The first-order valence-electron chi connectivity index (χ1n) is 4.64. The van der Waals surface area contributed by atoms with Crippen LogP contribution in [0.4, 0.5) is 10.2 Å². The van der Waals surface area contributed by atoms with Crippen molar-refractivity contribution >= 4 is 5.82 Å². The number of nitrogens with zero attached hydrogens (tertiary/aromatic N) is 3. The predicted molar refractivity (Wildman–Crippen MR) is 57.6 cm³/mol. The second kappa shape index (κ2) is 4.45. The fraction of sp³-hybridized carbons (Fsp3) is 0. The van der Waals surface area contributed by atoms with Crippen LogP contribution in [0.25, 0.3) is 0 Å². The standard InChI is InChI=1S/C11H7FN4O/c12-9-3-8(2-1-7(9)4-13)17-11-6-15-10(14)5-16-11/h1-3,5-6H,(H2,14,15). The number of hydrogen-bond acceptors (Lipinski definition) is 5. The first kappa shape index (κ1) is 10.8. The number of nitriles is 1. The van der Waals surface area contributed by atoms with E-state index in [1.807, 2.05) is 0 Å². The summed E-state index contributed by atoms with van der Waals surface area (Å²) in [5, 5.41) is 8.56. The molecule has 1 aromatic carbocycles. The molecule has 0 aliphatic rings. The molecular formula is C11H7FN4O. The molecule has 2 N–H and O–H groups in total. The van der Waals surface area contributed by atoms with E-state index in [4.69, 9.17) is 15.7 Å². The van der Waals surface area contributed by atoms with E-state index in [2.05, 4.69) is 9.97 Å². The number of anilines is 1. The number of benzene rings is 1. The van der Waals surface area contributed by atoms with Gasteiger partial charge in [-0.25, -0.2) is 14.4 Å². The molecule has 0 amide bonds. The quantitative estimate of drug-likeness (QED) is 0.851. The zero-order valence-corrected chi connectivity index (χ0v) is 8.59. The molecule has 0 fully saturated rings. The van der Waals surface area contributed by atoms with Crippen molar-refractivity contribution in [1.29, 1.82) is 5.26 Å². The number of halogens is 1. The van der Waals surface area contributed by atoms with Crippen molar-refractivity contribution in [3.05, 3.63) is 42.0 Å². The zero-order chi connectivity index (χ0) is 12.3. The molecule has 17 heavy (non-hydrogen) atoms. The van der Waals surface area contributed by atoms with Gasteiger partial charge < -0.3 is 10.5 Å². The number of hydrogen-bond donors (Lipinski definition) is 1. The van der Waals surface area contributed by atoms with Crippen LogP contribution in [-0.2, 0) is 0 Å². The molecule has 0 aliphatic carbocycles. The van der Waals surface area contributed by atoms with Crippen molar-refractivity contribution in [2.24, 2.45) is 0 Å². The lowest BCUT2D eigenvalue weighted by molar-refractivity contribution is 0.455. The van der Waals surface area contributed by atoms with Gasteiger partial charge >= 0.3 is 0 Å². The second-order valence-corrected chi connectivity index (χ2v) is 3.14. The molecule has 1 heterocycles. The topological polar surface area (TPSA) is 84.8 Å². The van der Waals surface area contributed by atoms with E-state index in [0.717, 1.165) is 6.07 Å². The zero-order valence-electron chi connectivity index (χ0n) is 8.59. The first-order chi connectivity index (χ1) is 8.19. The molecular weight excluding hydrogens is 223 g/mol. The summed E-state index contributed by atoms with van der Waals surface area (Å²) in [5.41, 5.74) is 5.32. The summed E-state index contributed by atoms with van der Waals surface area (Å²) < 4.78 is 18.5. The van der Waals surface area contributed by atoms with E-state index >= 15 is 0 Å². The van der Waals surface area contributed by atoms with E-state index in [1.54, 1.807) is 6.07 Å². The molecule has 0 aliphatic heterocycles. The molecule has 1 aromatic heterocycles. The summed E-state index contributed by atoms with van der Waals surface area (Å²) in [6.45, 7) is 0. The average Bonchev–Trinajstić information content (AvgIpc) is 2.32. The van der Waals surface area contributed by atoms with Gasteiger partial charge in [0.15, 0.2) is 0 Å². The maximum absolute atomic E-state index is 13.3. The van der Waals surface area contributed by atoms with E-state index in [0.29, 0.717) is 0 Å². The van der Waals surface area contributed by atoms with Crippen molar-refractivity contribution < 1.29 is 9.13 Å². The molecule has 0 spiro atoms. The van der Waals surface area contributed by atoms with Gasteiger partial charge in [0.1, 0.15) is 23.5 Å². The minimum Gasteiger partial charge on any atom is -0.437 e. The van der Waals surface area contributed by atoms with Gasteiger partial charge in [-0.05, 0) is 12.1 Å². The van der Waals surface area contributed by atoms with E-state index in [-0.39, 0.29) is 23.0 Å². The second-order valence-electron chi connectivity index (χ2n) is 3.14. The molecule has 6 heteroatoms. The van der Waals surface area contributed by atoms with Crippen LogP contribution in [0.2, 0.25) is 0 Å². The largest absolute Gasteiger partial charge is 0.437 e. The molecule has 84 valence electrons. The summed E-state index contributed by atoms with van der Waals surface area (Å²) in [6.07, 6.45) is 2.65. The van der Waals surface area contributed by atoms with E-state index in [9.17, 15) is 4.39 Å². The Morgan fingerprint density at radius 1 is 1.29 bits per heavy atom. The normalized spacial score (nSPS) is 9.65. The fourth-order valence-corrected chi connectivity index (χ4v) is 1.15. The lowest BCUT2D eigenvalue weighted by Gasteiger charge is -2.04. The summed E-state index contributed by atoms with van der Waals surface area (Å²) in [5.74, 6) is 0.0562. The van der Waals surface area contributed by atoms with Crippen LogP contribution in [0, 0.1) is 17.1 Å². The Morgan fingerprint density at radius 2 is 2.12 bits per heavy atom. The minimum absolute atomic E-state index is 0.0410. The van der Waals surface area contributed by atoms with E-state index in [1.165, 1.54) is 24.5 Å². The van der Waals surface area contributed by atoms with Crippen LogP contribution in [0.5, 0.6) is 11.6 Å². The number of ether oxygens (including phenoxy) is 1. The van der Waals surface area contributed by atoms with Gasteiger partial charge in [0.05, 0.1) is 18.0 Å². The smallest absolute Gasteiger partial charge is 0.237 e. The Morgan fingerprint density at radius 3 is 2.71 bits per heavy atom. The van der Waals surface area contributed by atoms with Crippen LogP contribution in [0.3, 0.4) is 0 Å². The van der Waals surface area contributed by atoms with Crippen LogP contribution in [0.15, 0.2) is 30.6 Å². The Bertz CT molecular complexity index is 577. The Kier molecular flexibility index (Phi) is 2.83. The average molecular weight is 230 g/mol. The lowest BCUT2D eigenvalue weighted by Crippen LogP contribution is -1.94. The number of rotatable bonds is 2. The third-order valence-electron chi connectivity index (χ3n) is 1.93. The summed E-state index contributed by atoms with van der Waals surface area (Å²) in [6, 6.07) is 5.63. The highest BCUT2D eigenvalue weighted by atomic mass is 19.1. The lowest BCUT2D eigenvalue weighted by atomic mass is 10.2. The molecule has 0 saturated heterocycles. The number of nitrogen functional groups attached to an aromatic ring is 1. The van der Waals surface area contributed by atoms with Gasteiger partial charge in [0.2, 0.25) is 5.88 Å². The molecule has 2 aromatic rings. The molecule has 0 atom stereocenters. The van der Waals surface area contributed by atoms with Crippen LogP contribution >= 0.6 is 0 Å². The van der Waals surface area contributed by atoms with Gasteiger partial charge in [-0.2, -0.15) is 5.26 Å². The molecule has 0 bridgehead atoms. The third-order valence-corrected chi connectivity index (χ3v) is 1.93. The molecule has 0 unspecified atom stereocenters. The van der Waals surface area contributed by atoms with Crippen LogP contribution in [-0.4, -0.2) is 9.97 Å². The van der Waals surface area contributed by atoms with Crippen LogP contribution < -0.4 is 10.5 Å². The van der Waals surface area contributed by atoms with Gasteiger partial charge in [0, 0.05) is 6.07 Å². The van der Waals surface area contributed by atoms with Gasteiger partial charge in [-0.1, -0.05) is 0 Å². The Labute approximate surface area is 96.3 Å². The first-order valence-corrected chi connectivity index (χ1v) is 4.64. The van der Waals surface area contributed by atoms with Crippen molar-refractivity contribution in [2.75, 3.05) is 5.73 Å².